The normalized spacial score (nSPS) is 14.5. The summed E-state index contributed by atoms with van der Waals surface area (Å²) in [6, 6.07) is 12.4. The minimum atomic E-state index is -2.87. The summed E-state index contributed by atoms with van der Waals surface area (Å²) < 4.78 is 29.3. The summed E-state index contributed by atoms with van der Waals surface area (Å²) in [4.78, 5) is 30.9. The van der Waals surface area contributed by atoms with Crippen molar-refractivity contribution in [3.63, 3.8) is 0 Å². The van der Waals surface area contributed by atoms with Gasteiger partial charge in [-0.05, 0) is 49.7 Å². The van der Waals surface area contributed by atoms with E-state index in [0.29, 0.717) is 32.7 Å². The Kier molecular flexibility index (Phi) is 8.95. The number of carbonyl (C=O) groups is 2. The molecule has 2 aromatic rings. The fraction of sp³-hybridized carbons (Fsp3) is 0.440. The van der Waals surface area contributed by atoms with Gasteiger partial charge in [-0.25, -0.2) is 0 Å². The molecule has 1 heterocycles. The predicted molar refractivity (Wildman–Crippen MR) is 127 cm³/mol. The Labute approximate surface area is 199 Å². The van der Waals surface area contributed by atoms with Crippen LogP contribution in [-0.4, -0.2) is 79.4 Å². The van der Waals surface area contributed by atoms with Gasteiger partial charge in [0.15, 0.2) is 0 Å². The number of anilines is 1. The number of nitrogens with one attached hydrogen (secondary N) is 1. The number of rotatable bonds is 9. The van der Waals surface area contributed by atoms with Crippen LogP contribution in [0.1, 0.15) is 16.7 Å². The van der Waals surface area contributed by atoms with Crippen molar-refractivity contribution in [1.82, 2.24) is 14.7 Å². The molecule has 34 heavy (non-hydrogen) atoms. The quantitative estimate of drug-likeness (QED) is 0.605. The topological polar surface area (TPSA) is 65.1 Å². The average Bonchev–Trinajstić information content (AvgIpc) is 2.76. The molecule has 1 fully saturated rings. The van der Waals surface area contributed by atoms with Gasteiger partial charge in [0, 0.05) is 38.4 Å². The van der Waals surface area contributed by atoms with E-state index in [0.717, 1.165) is 22.4 Å². The van der Waals surface area contributed by atoms with Crippen molar-refractivity contribution in [2.24, 2.45) is 0 Å². The zero-order valence-electron chi connectivity index (χ0n) is 19.9. The smallest absolute Gasteiger partial charge is 0.387 e. The van der Waals surface area contributed by atoms with Gasteiger partial charge in [0.1, 0.15) is 5.75 Å². The Morgan fingerprint density at radius 3 is 2.35 bits per heavy atom. The molecule has 0 radical (unpaired) electrons. The lowest BCUT2D eigenvalue weighted by atomic mass is 10.1. The standard InChI is InChI=1S/C25H32F2N4O3/c1-18-6-4-7-19(2)24(18)28-22(32)16-30-10-12-31(13-11-30)23(33)17-29(3)15-20-8-5-9-21(14-20)34-25(26)27/h4-9,14,25H,10-13,15-17H2,1-3H3,(H,28,32). The van der Waals surface area contributed by atoms with Crippen molar-refractivity contribution >= 4 is 17.5 Å². The van der Waals surface area contributed by atoms with E-state index in [4.69, 9.17) is 0 Å². The van der Waals surface area contributed by atoms with Crippen LogP contribution in [0.2, 0.25) is 0 Å². The Balaban J connectivity index is 1.42. The highest BCUT2D eigenvalue weighted by molar-refractivity contribution is 5.93. The summed E-state index contributed by atoms with van der Waals surface area (Å²) >= 11 is 0. The number of hydrogen-bond acceptors (Lipinski definition) is 5. The number of piperazine rings is 1. The SMILES string of the molecule is Cc1cccc(C)c1NC(=O)CN1CCN(C(=O)CN(C)Cc2cccc(OC(F)F)c2)CC1. The largest absolute Gasteiger partial charge is 0.435 e. The molecule has 0 aromatic heterocycles. The van der Waals surface area contributed by atoms with Crippen molar-refractivity contribution in [2.75, 3.05) is 51.6 Å². The van der Waals surface area contributed by atoms with Gasteiger partial charge in [-0.15, -0.1) is 0 Å². The highest BCUT2D eigenvalue weighted by atomic mass is 19.3. The summed E-state index contributed by atoms with van der Waals surface area (Å²) in [6.45, 7) is 4.37. The average molecular weight is 475 g/mol. The van der Waals surface area contributed by atoms with Gasteiger partial charge < -0.3 is 15.0 Å². The Morgan fingerprint density at radius 2 is 1.71 bits per heavy atom. The lowest BCUT2D eigenvalue weighted by Gasteiger charge is -2.35. The van der Waals surface area contributed by atoms with Gasteiger partial charge in [-0.3, -0.25) is 19.4 Å². The van der Waals surface area contributed by atoms with E-state index in [1.54, 1.807) is 17.0 Å². The number of aryl methyl sites for hydroxylation is 2. The third-order valence-electron chi connectivity index (χ3n) is 5.82. The number of hydrogen-bond donors (Lipinski definition) is 1. The maximum Gasteiger partial charge on any atom is 0.387 e. The first-order valence-electron chi connectivity index (χ1n) is 11.3. The second kappa shape index (κ2) is 11.9. The van der Waals surface area contributed by atoms with Gasteiger partial charge in [-0.2, -0.15) is 8.78 Å². The summed E-state index contributed by atoms with van der Waals surface area (Å²) in [5, 5.41) is 3.00. The number of para-hydroxylation sites is 1. The molecule has 0 atom stereocenters. The third-order valence-corrected chi connectivity index (χ3v) is 5.82. The first kappa shape index (κ1) is 25.6. The molecule has 0 bridgehead atoms. The number of carbonyl (C=O) groups excluding carboxylic acids is 2. The van der Waals surface area contributed by atoms with Gasteiger partial charge in [0.2, 0.25) is 11.8 Å². The van der Waals surface area contributed by atoms with Crippen molar-refractivity contribution < 1.29 is 23.1 Å². The van der Waals surface area contributed by atoms with E-state index < -0.39 is 6.61 Å². The van der Waals surface area contributed by atoms with E-state index in [9.17, 15) is 18.4 Å². The molecule has 0 aliphatic carbocycles. The highest BCUT2D eigenvalue weighted by Crippen LogP contribution is 2.19. The first-order valence-corrected chi connectivity index (χ1v) is 11.3. The molecule has 1 aliphatic heterocycles. The minimum Gasteiger partial charge on any atom is -0.435 e. The maximum atomic E-state index is 12.7. The Bertz CT molecular complexity index is 974. The fourth-order valence-corrected chi connectivity index (χ4v) is 4.07. The Morgan fingerprint density at radius 1 is 1.06 bits per heavy atom. The Hall–Kier alpha value is -3.04. The second-order valence-corrected chi connectivity index (χ2v) is 8.67. The number of likely N-dealkylation sites (N-methyl/N-ethyl adjacent to an activating group) is 1. The van der Waals surface area contributed by atoms with Crippen molar-refractivity contribution in [2.45, 2.75) is 27.0 Å². The second-order valence-electron chi connectivity index (χ2n) is 8.67. The van der Waals surface area contributed by atoms with Crippen LogP contribution in [-0.2, 0) is 16.1 Å². The molecule has 7 nitrogen and oxygen atoms in total. The van der Waals surface area contributed by atoms with Crippen LogP contribution < -0.4 is 10.1 Å². The number of nitrogens with zero attached hydrogens (tertiary/aromatic N) is 3. The molecule has 1 aliphatic rings. The van der Waals surface area contributed by atoms with E-state index >= 15 is 0 Å². The number of benzene rings is 2. The highest BCUT2D eigenvalue weighted by Gasteiger charge is 2.23. The molecule has 0 saturated carbocycles. The van der Waals surface area contributed by atoms with E-state index in [1.807, 2.05) is 55.0 Å². The lowest BCUT2D eigenvalue weighted by molar-refractivity contribution is -0.134. The summed E-state index contributed by atoms with van der Waals surface area (Å²) in [7, 11) is 1.81. The van der Waals surface area contributed by atoms with E-state index in [-0.39, 0.29) is 30.7 Å². The van der Waals surface area contributed by atoms with Crippen LogP contribution >= 0.6 is 0 Å². The molecule has 2 aromatic carbocycles. The molecular formula is C25H32F2N4O3. The van der Waals surface area contributed by atoms with Gasteiger partial charge in [0.05, 0.1) is 13.1 Å². The molecule has 9 heteroatoms. The van der Waals surface area contributed by atoms with Crippen LogP contribution in [0.25, 0.3) is 0 Å². The first-order chi connectivity index (χ1) is 16.2. The van der Waals surface area contributed by atoms with Crippen molar-refractivity contribution in [3.05, 3.63) is 59.2 Å². The van der Waals surface area contributed by atoms with Crippen LogP contribution in [0.15, 0.2) is 42.5 Å². The van der Waals surface area contributed by atoms with Crippen LogP contribution in [0.4, 0.5) is 14.5 Å². The lowest BCUT2D eigenvalue weighted by Crippen LogP contribution is -2.52. The number of alkyl halides is 2. The third kappa shape index (κ3) is 7.50. The summed E-state index contributed by atoms with van der Waals surface area (Å²) in [5.41, 5.74) is 3.70. The molecule has 0 spiro atoms. The molecule has 2 amide bonds. The molecule has 1 N–H and O–H groups in total. The zero-order chi connectivity index (χ0) is 24.7. The molecular weight excluding hydrogens is 442 g/mol. The van der Waals surface area contributed by atoms with Crippen LogP contribution in [0.3, 0.4) is 0 Å². The van der Waals surface area contributed by atoms with Crippen molar-refractivity contribution in [3.8, 4) is 5.75 Å². The van der Waals surface area contributed by atoms with Crippen molar-refractivity contribution in [1.29, 1.82) is 0 Å². The molecule has 0 unspecified atom stereocenters. The zero-order valence-corrected chi connectivity index (χ0v) is 19.9. The molecule has 184 valence electrons. The fourth-order valence-electron chi connectivity index (χ4n) is 4.07. The maximum absolute atomic E-state index is 12.7. The van der Waals surface area contributed by atoms with Gasteiger partial charge in [-0.1, -0.05) is 30.3 Å². The number of ether oxygens (including phenoxy) is 1. The van der Waals surface area contributed by atoms with Gasteiger partial charge >= 0.3 is 6.61 Å². The number of halogens is 2. The number of amides is 2. The van der Waals surface area contributed by atoms with Crippen LogP contribution in [0.5, 0.6) is 5.75 Å². The van der Waals surface area contributed by atoms with E-state index in [1.165, 1.54) is 6.07 Å². The monoisotopic (exact) mass is 474 g/mol. The summed E-state index contributed by atoms with van der Waals surface area (Å²) in [5.74, 6) is 0.0436. The van der Waals surface area contributed by atoms with Crippen LogP contribution in [0, 0.1) is 13.8 Å². The van der Waals surface area contributed by atoms with Gasteiger partial charge in [0.25, 0.3) is 0 Å². The minimum absolute atomic E-state index is 0.00196. The summed E-state index contributed by atoms with van der Waals surface area (Å²) in [6.07, 6.45) is 0. The predicted octanol–water partition coefficient (Wildman–Crippen LogP) is 3.12. The molecule has 3 rings (SSSR count). The molecule has 1 saturated heterocycles. The van der Waals surface area contributed by atoms with E-state index in [2.05, 4.69) is 10.1 Å².